The summed E-state index contributed by atoms with van der Waals surface area (Å²) < 4.78 is 28.6. The lowest BCUT2D eigenvalue weighted by Crippen LogP contribution is -2.14. The first-order valence-electron chi connectivity index (χ1n) is 9.04. The topological polar surface area (TPSA) is 91.0 Å². The maximum Gasteiger partial charge on any atom is 0.263 e. The molecule has 3 heterocycles. The first-order valence-corrected chi connectivity index (χ1v) is 10.5. The van der Waals surface area contributed by atoms with Crippen molar-refractivity contribution in [3.63, 3.8) is 0 Å². The van der Waals surface area contributed by atoms with E-state index < -0.39 is 10.0 Å². The predicted octanol–water partition coefficient (Wildman–Crippen LogP) is 3.80. The molecule has 0 amide bonds. The fourth-order valence-electron chi connectivity index (χ4n) is 3.20. The van der Waals surface area contributed by atoms with Gasteiger partial charge in [-0.1, -0.05) is 12.1 Å². The van der Waals surface area contributed by atoms with Gasteiger partial charge in [0.05, 0.1) is 11.1 Å². The summed E-state index contributed by atoms with van der Waals surface area (Å²) in [6.45, 7) is 1.83. The largest absolute Gasteiger partial charge is 0.378 e. The zero-order valence-electron chi connectivity index (χ0n) is 16.3. The number of aromatic amines is 1. The number of anilines is 2. The molecule has 0 aliphatic heterocycles. The summed E-state index contributed by atoms with van der Waals surface area (Å²) in [4.78, 5) is 13.6. The molecule has 4 rings (SSSR count). The van der Waals surface area contributed by atoms with Crippen LogP contribution in [-0.2, 0) is 10.0 Å². The molecule has 0 saturated heterocycles. The van der Waals surface area contributed by atoms with E-state index in [1.807, 2.05) is 50.3 Å². The number of sulfonamides is 1. The fourth-order valence-corrected chi connectivity index (χ4v) is 4.31. The van der Waals surface area contributed by atoms with Gasteiger partial charge in [0.25, 0.3) is 10.0 Å². The van der Waals surface area contributed by atoms with Crippen LogP contribution in [0.1, 0.15) is 5.56 Å². The third kappa shape index (κ3) is 3.54. The molecule has 0 fully saturated rings. The smallest absolute Gasteiger partial charge is 0.263 e. The van der Waals surface area contributed by atoms with Crippen molar-refractivity contribution < 1.29 is 8.42 Å². The summed E-state index contributed by atoms with van der Waals surface area (Å²) in [5, 5.41) is 0.730. The lowest BCUT2D eigenvalue weighted by atomic mass is 10.0. The maximum absolute atomic E-state index is 12.9. The maximum atomic E-state index is 12.9. The van der Waals surface area contributed by atoms with Gasteiger partial charge in [0.1, 0.15) is 10.5 Å². The summed E-state index contributed by atoms with van der Waals surface area (Å²) in [6, 6.07) is 11.2. The van der Waals surface area contributed by atoms with E-state index in [4.69, 9.17) is 0 Å². The molecule has 0 radical (unpaired) electrons. The van der Waals surface area contributed by atoms with Crippen molar-refractivity contribution in [2.24, 2.45) is 0 Å². The van der Waals surface area contributed by atoms with Crippen LogP contribution in [0.2, 0.25) is 0 Å². The Labute approximate surface area is 169 Å². The van der Waals surface area contributed by atoms with Gasteiger partial charge in [-0.25, -0.2) is 13.4 Å². The second-order valence-corrected chi connectivity index (χ2v) is 8.66. The second-order valence-electron chi connectivity index (χ2n) is 6.98. The van der Waals surface area contributed by atoms with E-state index in [0.29, 0.717) is 11.3 Å². The molecule has 8 heteroatoms. The van der Waals surface area contributed by atoms with Crippen molar-refractivity contribution in [2.45, 2.75) is 11.8 Å². The van der Waals surface area contributed by atoms with Gasteiger partial charge in [0, 0.05) is 50.1 Å². The molecular formula is C21H21N5O2S. The number of rotatable bonds is 5. The van der Waals surface area contributed by atoms with Gasteiger partial charge in [-0.2, -0.15) is 0 Å². The molecule has 0 atom stereocenters. The van der Waals surface area contributed by atoms with E-state index in [1.165, 1.54) is 18.5 Å². The van der Waals surface area contributed by atoms with E-state index in [0.717, 1.165) is 27.8 Å². The molecule has 1 aromatic carbocycles. The van der Waals surface area contributed by atoms with Crippen LogP contribution in [0.4, 0.5) is 11.4 Å². The zero-order chi connectivity index (χ0) is 20.6. The Kier molecular flexibility index (Phi) is 4.71. The summed E-state index contributed by atoms with van der Waals surface area (Å²) in [6.07, 6.45) is 6.37. The number of aromatic nitrogens is 3. The molecule has 29 heavy (non-hydrogen) atoms. The molecule has 7 nitrogen and oxygen atoms in total. The van der Waals surface area contributed by atoms with E-state index in [2.05, 4.69) is 25.7 Å². The number of fused-ring (bicyclic) bond motifs is 1. The van der Waals surface area contributed by atoms with Crippen molar-refractivity contribution in [3.05, 3.63) is 66.7 Å². The van der Waals surface area contributed by atoms with Crippen LogP contribution in [0.3, 0.4) is 0 Å². The summed E-state index contributed by atoms with van der Waals surface area (Å²) in [5.74, 6) is 0. The third-order valence-corrected chi connectivity index (χ3v) is 6.08. The van der Waals surface area contributed by atoms with Crippen LogP contribution in [0, 0.1) is 6.92 Å². The highest BCUT2D eigenvalue weighted by Crippen LogP contribution is 2.37. The molecular weight excluding hydrogens is 386 g/mol. The van der Waals surface area contributed by atoms with Crippen LogP contribution in [0.15, 0.2) is 66.1 Å². The van der Waals surface area contributed by atoms with Crippen LogP contribution in [0.25, 0.3) is 22.2 Å². The number of hydrogen-bond donors (Lipinski definition) is 2. The number of hydrogen-bond acceptors (Lipinski definition) is 5. The zero-order valence-corrected chi connectivity index (χ0v) is 17.2. The molecule has 0 saturated carbocycles. The summed E-state index contributed by atoms with van der Waals surface area (Å²) >= 11 is 0. The number of pyridine rings is 2. The molecule has 2 N–H and O–H groups in total. The van der Waals surface area contributed by atoms with Crippen LogP contribution in [0.5, 0.6) is 0 Å². The number of nitrogens with one attached hydrogen (secondary N) is 2. The van der Waals surface area contributed by atoms with E-state index >= 15 is 0 Å². The normalized spacial score (nSPS) is 11.6. The standard InChI is InChI=1S/C21H21N5O2S/c1-14-11-23-21-19(20(14)25-29(27,28)17-8-5-9-22-12-17)18(13-24-21)15-6-4-7-16(10-15)26(2)3/h4-13H,1-3H3,(H2,23,24,25). The Bertz CT molecular complexity index is 1280. The van der Waals surface area contributed by atoms with Gasteiger partial charge in [0.2, 0.25) is 0 Å². The molecule has 0 unspecified atom stereocenters. The Morgan fingerprint density at radius 2 is 1.93 bits per heavy atom. The van der Waals surface area contributed by atoms with Gasteiger partial charge in [-0.15, -0.1) is 0 Å². The van der Waals surface area contributed by atoms with Crippen molar-refractivity contribution >= 4 is 32.4 Å². The number of aryl methyl sites for hydroxylation is 1. The number of benzene rings is 1. The second kappa shape index (κ2) is 7.21. The highest BCUT2D eigenvalue weighted by atomic mass is 32.2. The highest BCUT2D eigenvalue weighted by Gasteiger charge is 2.20. The highest BCUT2D eigenvalue weighted by molar-refractivity contribution is 7.92. The molecule has 148 valence electrons. The third-order valence-electron chi connectivity index (χ3n) is 4.75. The first kappa shape index (κ1) is 18.9. The van der Waals surface area contributed by atoms with E-state index in [9.17, 15) is 8.42 Å². The van der Waals surface area contributed by atoms with Crippen molar-refractivity contribution in [3.8, 4) is 11.1 Å². The van der Waals surface area contributed by atoms with Gasteiger partial charge >= 0.3 is 0 Å². The van der Waals surface area contributed by atoms with Crippen molar-refractivity contribution in [2.75, 3.05) is 23.7 Å². The minimum atomic E-state index is -3.79. The molecule has 3 aromatic heterocycles. The lowest BCUT2D eigenvalue weighted by Gasteiger charge is -2.15. The molecule has 0 bridgehead atoms. The first-order chi connectivity index (χ1) is 13.9. The van der Waals surface area contributed by atoms with Gasteiger partial charge in [-0.3, -0.25) is 9.71 Å². The van der Waals surface area contributed by atoms with Crippen molar-refractivity contribution in [1.82, 2.24) is 15.0 Å². The average Bonchev–Trinajstić information content (AvgIpc) is 3.15. The van der Waals surface area contributed by atoms with Gasteiger partial charge < -0.3 is 9.88 Å². The van der Waals surface area contributed by atoms with E-state index in [-0.39, 0.29) is 4.90 Å². The fraction of sp³-hybridized carbons (Fsp3) is 0.143. The monoisotopic (exact) mass is 407 g/mol. The molecule has 0 aliphatic carbocycles. The Balaban J connectivity index is 1.89. The SMILES string of the molecule is Cc1cnc2[nH]cc(-c3cccc(N(C)C)c3)c2c1NS(=O)(=O)c1cccnc1. The van der Waals surface area contributed by atoms with Crippen molar-refractivity contribution in [1.29, 1.82) is 0 Å². The Morgan fingerprint density at radius 3 is 2.66 bits per heavy atom. The molecule has 4 aromatic rings. The average molecular weight is 407 g/mol. The Morgan fingerprint density at radius 1 is 1.10 bits per heavy atom. The Hall–Kier alpha value is -3.39. The quantitative estimate of drug-likeness (QED) is 0.525. The van der Waals surface area contributed by atoms with Gasteiger partial charge in [0.15, 0.2) is 0 Å². The molecule has 0 aliphatic rings. The van der Waals surface area contributed by atoms with E-state index in [1.54, 1.807) is 12.3 Å². The minimum Gasteiger partial charge on any atom is -0.378 e. The summed E-state index contributed by atoms with van der Waals surface area (Å²) in [5.41, 5.74) is 4.75. The predicted molar refractivity (Wildman–Crippen MR) is 116 cm³/mol. The lowest BCUT2D eigenvalue weighted by molar-refractivity contribution is 0.601. The minimum absolute atomic E-state index is 0.107. The van der Waals surface area contributed by atoms with Crippen LogP contribution >= 0.6 is 0 Å². The van der Waals surface area contributed by atoms with Crippen LogP contribution in [-0.4, -0.2) is 37.5 Å². The summed E-state index contributed by atoms with van der Waals surface area (Å²) in [7, 11) is 0.171. The number of H-pyrrole nitrogens is 1. The molecule has 0 spiro atoms. The van der Waals surface area contributed by atoms with Gasteiger partial charge in [-0.05, 0) is 42.3 Å². The van der Waals surface area contributed by atoms with Crippen LogP contribution < -0.4 is 9.62 Å². The number of nitrogens with zero attached hydrogens (tertiary/aromatic N) is 3.